The summed E-state index contributed by atoms with van der Waals surface area (Å²) in [4.78, 5) is 23.9. The van der Waals surface area contributed by atoms with Crippen molar-refractivity contribution >= 4 is 11.9 Å². The zero-order chi connectivity index (χ0) is 15.0. The summed E-state index contributed by atoms with van der Waals surface area (Å²) in [6.45, 7) is 5.82. The number of hydrogen-bond donors (Lipinski definition) is 2. The van der Waals surface area contributed by atoms with Gasteiger partial charge in [-0.15, -0.1) is 0 Å². The van der Waals surface area contributed by atoms with Crippen molar-refractivity contribution in [3.63, 3.8) is 0 Å². The monoisotopic (exact) mass is 284 g/mol. The number of nitrogens with one attached hydrogen (secondary N) is 2. The maximum atomic E-state index is 12.1. The van der Waals surface area contributed by atoms with Crippen LogP contribution in [-0.4, -0.2) is 37.6 Å². The number of rotatable bonds is 7. The maximum absolute atomic E-state index is 12.1. The molecule has 0 aliphatic carbocycles. The molecule has 0 radical (unpaired) electrons. The van der Waals surface area contributed by atoms with Crippen LogP contribution in [0.5, 0.6) is 0 Å². The molecule has 1 aliphatic heterocycles. The van der Waals surface area contributed by atoms with Crippen molar-refractivity contribution in [2.45, 2.75) is 57.9 Å². The number of carbonyl (C=O) groups is 2. The first-order valence-electron chi connectivity index (χ1n) is 7.62. The first-order valence-corrected chi connectivity index (χ1v) is 7.62. The highest BCUT2D eigenvalue weighted by molar-refractivity contribution is 5.87. The Morgan fingerprint density at radius 1 is 1.35 bits per heavy atom. The Labute approximate surface area is 121 Å². The van der Waals surface area contributed by atoms with E-state index in [-0.39, 0.29) is 11.9 Å². The van der Waals surface area contributed by atoms with Crippen LogP contribution in [0.4, 0.5) is 0 Å². The lowest BCUT2D eigenvalue weighted by molar-refractivity contribution is -0.150. The van der Waals surface area contributed by atoms with Crippen molar-refractivity contribution in [3.8, 4) is 0 Å². The second-order valence-electron chi connectivity index (χ2n) is 5.85. The summed E-state index contributed by atoms with van der Waals surface area (Å²) >= 11 is 0. The van der Waals surface area contributed by atoms with E-state index < -0.39 is 5.54 Å². The van der Waals surface area contributed by atoms with Crippen LogP contribution in [0.15, 0.2) is 0 Å². The van der Waals surface area contributed by atoms with Crippen molar-refractivity contribution < 1.29 is 14.3 Å². The molecule has 116 valence electrons. The third kappa shape index (κ3) is 5.12. The third-order valence-electron chi connectivity index (χ3n) is 4.04. The summed E-state index contributed by atoms with van der Waals surface area (Å²) in [6, 6.07) is 0. The van der Waals surface area contributed by atoms with E-state index in [2.05, 4.69) is 10.6 Å². The number of ether oxygens (including phenoxy) is 1. The summed E-state index contributed by atoms with van der Waals surface area (Å²) in [7, 11) is 1.36. The molecule has 1 unspecified atom stereocenters. The second kappa shape index (κ2) is 8.25. The molecule has 0 spiro atoms. The van der Waals surface area contributed by atoms with Crippen LogP contribution in [0, 0.1) is 5.92 Å². The molecule has 5 heteroatoms. The van der Waals surface area contributed by atoms with Crippen molar-refractivity contribution in [2.24, 2.45) is 5.92 Å². The lowest BCUT2D eigenvalue weighted by Gasteiger charge is -2.28. The van der Waals surface area contributed by atoms with Crippen LogP contribution in [0.3, 0.4) is 0 Å². The molecule has 1 rings (SSSR count). The Morgan fingerprint density at radius 2 is 2.00 bits per heavy atom. The Balaban J connectivity index is 2.43. The van der Waals surface area contributed by atoms with Gasteiger partial charge >= 0.3 is 5.97 Å². The number of piperidine rings is 1. The fraction of sp³-hybridized carbons (Fsp3) is 0.867. The number of esters is 1. The van der Waals surface area contributed by atoms with E-state index in [1.54, 1.807) is 6.92 Å². The van der Waals surface area contributed by atoms with Crippen molar-refractivity contribution in [1.29, 1.82) is 0 Å². The molecule has 1 atom stereocenters. The molecule has 1 fully saturated rings. The van der Waals surface area contributed by atoms with Gasteiger partial charge < -0.3 is 15.4 Å². The van der Waals surface area contributed by atoms with Crippen LogP contribution in [0.25, 0.3) is 0 Å². The molecule has 0 saturated carbocycles. The predicted octanol–water partition coefficient (Wildman–Crippen LogP) is 1.61. The highest BCUT2D eigenvalue weighted by Crippen LogP contribution is 2.19. The molecule has 1 aliphatic rings. The van der Waals surface area contributed by atoms with E-state index in [1.807, 2.05) is 6.92 Å². The summed E-state index contributed by atoms with van der Waals surface area (Å²) in [5, 5.41) is 6.17. The lowest BCUT2D eigenvalue weighted by Crippen LogP contribution is -2.52. The fourth-order valence-corrected chi connectivity index (χ4v) is 2.82. The van der Waals surface area contributed by atoms with E-state index in [0.29, 0.717) is 18.8 Å². The molecule has 1 heterocycles. The van der Waals surface area contributed by atoms with Crippen LogP contribution in [-0.2, 0) is 14.3 Å². The summed E-state index contributed by atoms with van der Waals surface area (Å²) < 4.78 is 4.80. The Kier molecular flexibility index (Phi) is 6.99. The average Bonchev–Trinajstić information content (AvgIpc) is 2.45. The summed E-state index contributed by atoms with van der Waals surface area (Å²) in [6.07, 6.45) is 5.07. The number of methoxy groups -OCH3 is 1. The summed E-state index contributed by atoms with van der Waals surface area (Å²) in [5.41, 5.74) is -0.894. The Hall–Kier alpha value is -1.10. The van der Waals surface area contributed by atoms with Gasteiger partial charge in [-0.25, -0.2) is 4.79 Å². The zero-order valence-electron chi connectivity index (χ0n) is 13.0. The first-order chi connectivity index (χ1) is 9.51. The smallest absolute Gasteiger partial charge is 0.331 e. The maximum Gasteiger partial charge on any atom is 0.331 e. The highest BCUT2D eigenvalue weighted by atomic mass is 16.5. The second-order valence-corrected chi connectivity index (χ2v) is 5.85. The number of hydrogen-bond acceptors (Lipinski definition) is 4. The molecule has 0 bridgehead atoms. The van der Waals surface area contributed by atoms with Gasteiger partial charge in [0.25, 0.3) is 0 Å². The minimum Gasteiger partial charge on any atom is -0.467 e. The molecule has 0 aromatic carbocycles. The number of carbonyl (C=O) groups excluding carboxylic acids is 2. The van der Waals surface area contributed by atoms with Gasteiger partial charge in [-0.3, -0.25) is 4.79 Å². The Bertz CT molecular complexity index is 327. The van der Waals surface area contributed by atoms with E-state index >= 15 is 0 Å². The lowest BCUT2D eigenvalue weighted by atomic mass is 9.92. The Morgan fingerprint density at radius 3 is 2.55 bits per heavy atom. The summed E-state index contributed by atoms with van der Waals surface area (Å²) in [5.74, 6) is 0.206. The third-order valence-corrected chi connectivity index (χ3v) is 4.04. The van der Waals surface area contributed by atoms with Crippen LogP contribution in [0.2, 0.25) is 0 Å². The molecule has 0 aromatic heterocycles. The van der Waals surface area contributed by atoms with Gasteiger partial charge in [-0.2, -0.15) is 0 Å². The SMILES string of the molecule is CCCC(C)(NC(=O)CCC1CCNCC1)C(=O)OC. The molecule has 1 saturated heterocycles. The van der Waals surface area contributed by atoms with E-state index in [0.717, 1.165) is 38.8 Å². The van der Waals surface area contributed by atoms with Gasteiger partial charge in [0.05, 0.1) is 7.11 Å². The first kappa shape index (κ1) is 17.0. The normalized spacial score (nSPS) is 19.1. The van der Waals surface area contributed by atoms with Crippen molar-refractivity contribution in [2.75, 3.05) is 20.2 Å². The average molecular weight is 284 g/mol. The van der Waals surface area contributed by atoms with E-state index in [4.69, 9.17) is 4.74 Å². The van der Waals surface area contributed by atoms with Gasteiger partial charge in [-0.05, 0) is 51.6 Å². The topological polar surface area (TPSA) is 67.4 Å². The fourth-order valence-electron chi connectivity index (χ4n) is 2.82. The highest BCUT2D eigenvalue weighted by Gasteiger charge is 2.34. The van der Waals surface area contributed by atoms with Gasteiger partial charge in [-0.1, -0.05) is 13.3 Å². The molecule has 0 aromatic rings. The van der Waals surface area contributed by atoms with Gasteiger partial charge in [0.15, 0.2) is 0 Å². The van der Waals surface area contributed by atoms with Crippen molar-refractivity contribution in [3.05, 3.63) is 0 Å². The van der Waals surface area contributed by atoms with Crippen molar-refractivity contribution in [1.82, 2.24) is 10.6 Å². The quantitative estimate of drug-likeness (QED) is 0.697. The van der Waals surface area contributed by atoms with Crippen LogP contribution >= 0.6 is 0 Å². The minimum atomic E-state index is -0.894. The van der Waals surface area contributed by atoms with Gasteiger partial charge in [0.1, 0.15) is 5.54 Å². The van der Waals surface area contributed by atoms with Crippen LogP contribution < -0.4 is 10.6 Å². The molecular formula is C15H28N2O3. The van der Waals surface area contributed by atoms with E-state index in [1.165, 1.54) is 7.11 Å². The molecular weight excluding hydrogens is 256 g/mol. The molecule has 20 heavy (non-hydrogen) atoms. The van der Waals surface area contributed by atoms with Gasteiger partial charge in [0.2, 0.25) is 5.91 Å². The predicted molar refractivity (Wildman–Crippen MR) is 78.3 cm³/mol. The molecule has 2 N–H and O–H groups in total. The largest absolute Gasteiger partial charge is 0.467 e. The zero-order valence-corrected chi connectivity index (χ0v) is 13.0. The minimum absolute atomic E-state index is 0.0510. The van der Waals surface area contributed by atoms with Gasteiger partial charge in [0, 0.05) is 6.42 Å². The number of amides is 1. The molecule has 1 amide bonds. The molecule has 5 nitrogen and oxygen atoms in total. The van der Waals surface area contributed by atoms with E-state index in [9.17, 15) is 9.59 Å². The standard InChI is InChI=1S/C15H28N2O3/c1-4-9-15(2,14(19)20-3)17-13(18)6-5-12-7-10-16-11-8-12/h12,16H,4-11H2,1-3H3,(H,17,18). The van der Waals surface area contributed by atoms with Crippen LogP contribution in [0.1, 0.15) is 52.4 Å².